The molecule has 1 atom stereocenters. The van der Waals surface area contributed by atoms with Gasteiger partial charge in [0.15, 0.2) is 10.6 Å². The molecular weight excluding hydrogens is 458 g/mol. The van der Waals surface area contributed by atoms with Gasteiger partial charge in [0.25, 0.3) is 0 Å². The van der Waals surface area contributed by atoms with Gasteiger partial charge in [0.2, 0.25) is 0 Å². The normalized spacial score (nSPS) is 14.9. The molecule has 0 aliphatic carbocycles. The average Bonchev–Trinajstić information content (AvgIpc) is 3.23. The highest BCUT2D eigenvalue weighted by molar-refractivity contribution is 7.71. The van der Waals surface area contributed by atoms with E-state index in [2.05, 4.69) is 16.3 Å². The van der Waals surface area contributed by atoms with E-state index >= 15 is 0 Å². The smallest absolute Gasteiger partial charge is 0.199 e. The molecule has 1 N–H and O–H groups in total. The summed E-state index contributed by atoms with van der Waals surface area (Å²) in [5.74, 6) is 3.05. The van der Waals surface area contributed by atoms with Crippen LogP contribution in [0.1, 0.15) is 29.5 Å². The molecule has 168 valence electrons. The highest BCUT2D eigenvalue weighted by Gasteiger charge is 2.22. The van der Waals surface area contributed by atoms with Crippen molar-refractivity contribution in [2.75, 3.05) is 7.11 Å². The first-order chi connectivity index (χ1) is 16.1. The van der Waals surface area contributed by atoms with Gasteiger partial charge in [-0.25, -0.2) is 0 Å². The third-order valence-electron chi connectivity index (χ3n) is 5.67. The standard InChI is InChI=1S/C25H22ClN3O3S/c1-30-20-10-2-16(3-11-20)22-13-5-17-4-12-21(14-23(17)32-22)31-15-24-27-28-25(33)29(24)19-8-6-18(26)7-9-19/h2-4,6-12,14,22H,5,13,15H2,1H3,(H,28,33). The van der Waals surface area contributed by atoms with Crippen molar-refractivity contribution >= 4 is 23.8 Å². The molecule has 6 nitrogen and oxygen atoms in total. The second-order valence-electron chi connectivity index (χ2n) is 7.73. The lowest BCUT2D eigenvalue weighted by molar-refractivity contribution is 0.175. The lowest BCUT2D eigenvalue weighted by atomic mass is 9.97. The highest BCUT2D eigenvalue weighted by atomic mass is 35.5. The van der Waals surface area contributed by atoms with E-state index in [0.717, 1.165) is 35.6 Å². The Balaban J connectivity index is 1.32. The largest absolute Gasteiger partial charge is 0.497 e. The van der Waals surface area contributed by atoms with E-state index in [1.165, 1.54) is 5.56 Å². The number of benzene rings is 3. The van der Waals surface area contributed by atoms with Crippen molar-refractivity contribution in [2.45, 2.75) is 25.6 Å². The van der Waals surface area contributed by atoms with Crippen molar-refractivity contribution in [3.05, 3.63) is 93.5 Å². The highest BCUT2D eigenvalue weighted by Crippen LogP contribution is 2.37. The number of hydrogen-bond donors (Lipinski definition) is 1. The fraction of sp³-hybridized carbons (Fsp3) is 0.200. The van der Waals surface area contributed by atoms with Gasteiger partial charge in [0, 0.05) is 16.8 Å². The second-order valence-corrected chi connectivity index (χ2v) is 8.56. The van der Waals surface area contributed by atoms with E-state index in [-0.39, 0.29) is 12.7 Å². The maximum absolute atomic E-state index is 6.32. The summed E-state index contributed by atoms with van der Waals surface area (Å²) < 4.78 is 20.0. The Morgan fingerprint density at radius 3 is 2.61 bits per heavy atom. The Bertz CT molecular complexity index is 1320. The number of methoxy groups -OCH3 is 1. The summed E-state index contributed by atoms with van der Waals surface area (Å²) >= 11 is 11.4. The predicted octanol–water partition coefficient (Wildman–Crippen LogP) is 6.24. The maximum Gasteiger partial charge on any atom is 0.199 e. The van der Waals surface area contributed by atoms with E-state index in [0.29, 0.717) is 21.4 Å². The van der Waals surface area contributed by atoms with Crippen LogP contribution in [-0.4, -0.2) is 21.9 Å². The van der Waals surface area contributed by atoms with Crippen LogP contribution in [0.15, 0.2) is 66.7 Å². The molecule has 1 aliphatic rings. The monoisotopic (exact) mass is 479 g/mol. The third-order valence-corrected chi connectivity index (χ3v) is 6.19. The summed E-state index contributed by atoms with van der Waals surface area (Å²) in [5, 5.41) is 7.83. The molecule has 5 rings (SSSR count). The first kappa shape index (κ1) is 21.6. The van der Waals surface area contributed by atoms with Crippen LogP contribution in [0.5, 0.6) is 17.2 Å². The molecule has 0 amide bonds. The number of rotatable bonds is 6. The fourth-order valence-electron chi connectivity index (χ4n) is 3.92. The molecule has 1 unspecified atom stereocenters. The van der Waals surface area contributed by atoms with Gasteiger partial charge >= 0.3 is 0 Å². The minimum atomic E-state index is -0.000155. The molecule has 0 fully saturated rings. The van der Waals surface area contributed by atoms with Gasteiger partial charge in [-0.3, -0.25) is 9.67 Å². The van der Waals surface area contributed by atoms with E-state index < -0.39 is 0 Å². The lowest BCUT2D eigenvalue weighted by Crippen LogP contribution is -2.15. The van der Waals surface area contributed by atoms with Crippen molar-refractivity contribution in [1.29, 1.82) is 0 Å². The van der Waals surface area contributed by atoms with Crippen molar-refractivity contribution in [3.63, 3.8) is 0 Å². The Hall–Kier alpha value is -3.29. The quantitative estimate of drug-likeness (QED) is 0.332. The number of H-pyrrole nitrogens is 1. The molecule has 0 radical (unpaired) electrons. The zero-order chi connectivity index (χ0) is 22.8. The van der Waals surface area contributed by atoms with Crippen molar-refractivity contribution in [3.8, 4) is 22.9 Å². The molecule has 2 heterocycles. The maximum atomic E-state index is 6.32. The number of aromatic nitrogens is 3. The summed E-state index contributed by atoms with van der Waals surface area (Å²) in [4.78, 5) is 0. The number of aromatic amines is 1. The first-order valence-corrected chi connectivity index (χ1v) is 11.4. The van der Waals surface area contributed by atoms with Gasteiger partial charge in [0.05, 0.1) is 7.11 Å². The van der Waals surface area contributed by atoms with Gasteiger partial charge in [0.1, 0.15) is 30.0 Å². The predicted molar refractivity (Wildman–Crippen MR) is 129 cm³/mol. The number of hydrogen-bond acceptors (Lipinski definition) is 5. The van der Waals surface area contributed by atoms with E-state index in [4.69, 9.17) is 38.0 Å². The van der Waals surface area contributed by atoms with E-state index in [9.17, 15) is 0 Å². The van der Waals surface area contributed by atoms with Gasteiger partial charge in [-0.1, -0.05) is 29.8 Å². The van der Waals surface area contributed by atoms with Gasteiger partial charge in [-0.2, -0.15) is 5.10 Å². The summed E-state index contributed by atoms with van der Waals surface area (Å²) in [5.41, 5.74) is 3.18. The van der Waals surface area contributed by atoms with E-state index in [1.807, 2.05) is 65.2 Å². The minimum absolute atomic E-state index is 0.000155. The molecule has 0 bridgehead atoms. The van der Waals surface area contributed by atoms with Crippen LogP contribution >= 0.6 is 23.8 Å². The number of aryl methyl sites for hydroxylation is 1. The number of ether oxygens (including phenoxy) is 3. The molecular formula is C25H22ClN3O3S. The third kappa shape index (κ3) is 4.60. The van der Waals surface area contributed by atoms with Crippen LogP contribution in [-0.2, 0) is 13.0 Å². The molecule has 4 aromatic rings. The van der Waals surface area contributed by atoms with Gasteiger partial charge in [-0.15, -0.1) is 0 Å². The Morgan fingerprint density at radius 2 is 1.85 bits per heavy atom. The zero-order valence-corrected chi connectivity index (χ0v) is 19.5. The molecule has 33 heavy (non-hydrogen) atoms. The van der Waals surface area contributed by atoms with Crippen LogP contribution in [0.25, 0.3) is 5.69 Å². The number of nitrogens with zero attached hydrogens (tertiary/aromatic N) is 2. The summed E-state index contributed by atoms with van der Waals surface area (Å²) in [6.45, 7) is 0.246. The lowest BCUT2D eigenvalue weighted by Gasteiger charge is -2.27. The van der Waals surface area contributed by atoms with Crippen LogP contribution in [0.4, 0.5) is 0 Å². The molecule has 1 aromatic heterocycles. The Kier molecular flexibility index (Phi) is 6.07. The summed E-state index contributed by atoms with van der Waals surface area (Å²) in [7, 11) is 1.67. The zero-order valence-electron chi connectivity index (χ0n) is 18.0. The van der Waals surface area contributed by atoms with E-state index in [1.54, 1.807) is 7.11 Å². The molecule has 0 saturated carbocycles. The number of fused-ring (bicyclic) bond motifs is 1. The fourth-order valence-corrected chi connectivity index (χ4v) is 4.31. The second kappa shape index (κ2) is 9.29. The topological polar surface area (TPSA) is 61.3 Å². The van der Waals surface area contributed by atoms with Crippen LogP contribution in [0, 0.1) is 4.77 Å². The van der Waals surface area contributed by atoms with Crippen LogP contribution < -0.4 is 14.2 Å². The summed E-state index contributed by atoms with van der Waals surface area (Å²) in [6, 6.07) is 21.4. The Morgan fingerprint density at radius 1 is 1.09 bits per heavy atom. The molecule has 1 aliphatic heterocycles. The first-order valence-electron chi connectivity index (χ1n) is 10.6. The Labute approximate surface area is 201 Å². The molecule has 0 saturated heterocycles. The summed E-state index contributed by atoms with van der Waals surface area (Å²) in [6.07, 6.45) is 1.87. The SMILES string of the molecule is COc1ccc(C2CCc3ccc(OCc4n[nH]c(=S)n4-c4ccc(Cl)cc4)cc3O2)cc1. The van der Waals surface area contributed by atoms with Crippen LogP contribution in [0.2, 0.25) is 5.02 Å². The molecule has 3 aromatic carbocycles. The number of nitrogens with one attached hydrogen (secondary N) is 1. The van der Waals surface area contributed by atoms with Crippen molar-refractivity contribution in [1.82, 2.24) is 14.8 Å². The van der Waals surface area contributed by atoms with Crippen molar-refractivity contribution in [2.24, 2.45) is 0 Å². The minimum Gasteiger partial charge on any atom is -0.497 e. The number of halogens is 1. The van der Waals surface area contributed by atoms with Crippen molar-refractivity contribution < 1.29 is 14.2 Å². The molecule has 8 heteroatoms. The van der Waals surface area contributed by atoms with Gasteiger partial charge < -0.3 is 14.2 Å². The van der Waals surface area contributed by atoms with Gasteiger partial charge in [-0.05, 0) is 78.7 Å². The average molecular weight is 480 g/mol. The van der Waals surface area contributed by atoms with Crippen LogP contribution in [0.3, 0.4) is 0 Å². The molecule has 0 spiro atoms.